The number of hydrogen-bond acceptors (Lipinski definition) is 2. The van der Waals surface area contributed by atoms with Gasteiger partial charge in [-0.2, -0.15) is 0 Å². The molecular formula is C17H23Br2NO. The third kappa shape index (κ3) is 4.23. The molecule has 0 bridgehead atoms. The van der Waals surface area contributed by atoms with E-state index in [1.54, 1.807) is 0 Å². The van der Waals surface area contributed by atoms with Gasteiger partial charge in [-0.1, -0.05) is 0 Å². The lowest BCUT2D eigenvalue weighted by Crippen LogP contribution is -2.25. The topological polar surface area (TPSA) is 21.3 Å². The fourth-order valence-corrected chi connectivity index (χ4v) is 4.66. The smallest absolute Gasteiger partial charge is 0.147 e. The van der Waals surface area contributed by atoms with Crippen molar-refractivity contribution in [3.63, 3.8) is 0 Å². The van der Waals surface area contributed by atoms with Crippen molar-refractivity contribution in [2.24, 2.45) is 17.8 Å². The van der Waals surface area contributed by atoms with Gasteiger partial charge in [-0.3, -0.25) is 0 Å². The standard InChI is InChI=1S/C17H23Br2NO/c1-2-21-17-15(18)7-11(8-16(17)19)9-20-10-14(12-3-4-12)13-5-6-13/h7-8,12-14,20H,2-6,9-10H2,1H3. The van der Waals surface area contributed by atoms with Gasteiger partial charge in [0, 0.05) is 6.54 Å². The van der Waals surface area contributed by atoms with Crippen LogP contribution in [0.25, 0.3) is 0 Å². The first-order valence-corrected chi connectivity index (χ1v) is 9.59. The summed E-state index contributed by atoms with van der Waals surface area (Å²) >= 11 is 7.21. The second-order valence-corrected chi connectivity index (χ2v) is 8.00. The van der Waals surface area contributed by atoms with Crippen LogP contribution in [0.5, 0.6) is 5.75 Å². The van der Waals surface area contributed by atoms with Gasteiger partial charge in [0.2, 0.25) is 0 Å². The molecule has 0 radical (unpaired) electrons. The number of ether oxygens (including phenoxy) is 1. The van der Waals surface area contributed by atoms with E-state index in [0.29, 0.717) is 6.61 Å². The van der Waals surface area contributed by atoms with Gasteiger partial charge in [0.25, 0.3) is 0 Å². The van der Waals surface area contributed by atoms with Crippen LogP contribution in [0.4, 0.5) is 0 Å². The van der Waals surface area contributed by atoms with Gasteiger partial charge in [0.1, 0.15) is 5.75 Å². The third-order valence-electron chi connectivity index (χ3n) is 4.51. The lowest BCUT2D eigenvalue weighted by molar-refractivity contribution is 0.335. The second kappa shape index (κ2) is 7.01. The molecule has 0 atom stereocenters. The maximum Gasteiger partial charge on any atom is 0.147 e. The Balaban J connectivity index is 1.55. The molecule has 2 nitrogen and oxygen atoms in total. The van der Waals surface area contributed by atoms with E-state index in [0.717, 1.165) is 39.0 Å². The minimum Gasteiger partial charge on any atom is -0.492 e. The molecule has 3 rings (SSSR count). The van der Waals surface area contributed by atoms with Gasteiger partial charge in [0.05, 0.1) is 15.6 Å². The summed E-state index contributed by atoms with van der Waals surface area (Å²) in [5, 5.41) is 3.67. The van der Waals surface area contributed by atoms with Crippen LogP contribution in [0.1, 0.15) is 38.2 Å². The van der Waals surface area contributed by atoms with Crippen LogP contribution in [-0.2, 0) is 6.54 Å². The Hall–Kier alpha value is -0.0600. The van der Waals surface area contributed by atoms with E-state index in [-0.39, 0.29) is 0 Å². The molecule has 1 aromatic rings. The molecule has 0 amide bonds. The van der Waals surface area contributed by atoms with Crippen molar-refractivity contribution in [3.05, 3.63) is 26.6 Å². The molecule has 21 heavy (non-hydrogen) atoms. The maximum atomic E-state index is 5.63. The lowest BCUT2D eigenvalue weighted by atomic mass is 9.98. The average molecular weight is 417 g/mol. The van der Waals surface area contributed by atoms with Crippen molar-refractivity contribution in [1.29, 1.82) is 0 Å². The van der Waals surface area contributed by atoms with Crippen LogP contribution in [-0.4, -0.2) is 13.2 Å². The van der Waals surface area contributed by atoms with E-state index >= 15 is 0 Å². The summed E-state index contributed by atoms with van der Waals surface area (Å²) in [4.78, 5) is 0. The molecule has 0 saturated heterocycles. The molecule has 0 aliphatic heterocycles. The van der Waals surface area contributed by atoms with Crippen molar-refractivity contribution in [2.75, 3.05) is 13.2 Å². The Morgan fingerprint density at radius 1 is 1.14 bits per heavy atom. The van der Waals surface area contributed by atoms with Crippen molar-refractivity contribution in [2.45, 2.75) is 39.2 Å². The quantitative estimate of drug-likeness (QED) is 0.633. The van der Waals surface area contributed by atoms with Gasteiger partial charge in [-0.25, -0.2) is 0 Å². The molecule has 2 aliphatic carbocycles. The van der Waals surface area contributed by atoms with Gasteiger partial charge in [-0.15, -0.1) is 0 Å². The largest absolute Gasteiger partial charge is 0.492 e. The van der Waals surface area contributed by atoms with Crippen LogP contribution in [0, 0.1) is 17.8 Å². The molecule has 0 aromatic heterocycles. The fraction of sp³-hybridized carbons (Fsp3) is 0.647. The molecule has 0 unspecified atom stereocenters. The van der Waals surface area contributed by atoms with Crippen LogP contribution < -0.4 is 10.1 Å². The number of nitrogens with one attached hydrogen (secondary N) is 1. The molecular weight excluding hydrogens is 394 g/mol. The Morgan fingerprint density at radius 3 is 2.19 bits per heavy atom. The number of hydrogen-bond donors (Lipinski definition) is 1. The van der Waals surface area contributed by atoms with E-state index in [1.165, 1.54) is 37.8 Å². The molecule has 2 aliphatic rings. The van der Waals surface area contributed by atoms with Gasteiger partial charge >= 0.3 is 0 Å². The summed E-state index contributed by atoms with van der Waals surface area (Å²) in [5.74, 6) is 3.86. The SMILES string of the molecule is CCOc1c(Br)cc(CNCC(C2CC2)C2CC2)cc1Br. The molecule has 0 spiro atoms. The van der Waals surface area contributed by atoms with Gasteiger partial charge in [-0.05, 0) is 106 Å². The predicted octanol–water partition coefficient (Wildman–Crippen LogP) is 5.14. The normalized spacial score (nSPS) is 18.3. The minimum atomic E-state index is 0.680. The van der Waals surface area contributed by atoms with E-state index in [1.807, 2.05) is 6.92 Å². The van der Waals surface area contributed by atoms with E-state index in [2.05, 4.69) is 49.3 Å². The summed E-state index contributed by atoms with van der Waals surface area (Å²) in [6.45, 7) is 4.79. The Bertz CT molecular complexity index is 463. The first-order valence-electron chi connectivity index (χ1n) is 8.00. The first kappa shape index (κ1) is 15.8. The Morgan fingerprint density at radius 2 is 1.71 bits per heavy atom. The van der Waals surface area contributed by atoms with E-state index < -0.39 is 0 Å². The Kier molecular flexibility index (Phi) is 5.28. The zero-order valence-electron chi connectivity index (χ0n) is 12.5. The number of rotatable bonds is 8. The monoisotopic (exact) mass is 415 g/mol. The highest BCUT2D eigenvalue weighted by atomic mass is 79.9. The van der Waals surface area contributed by atoms with Crippen molar-refractivity contribution in [1.82, 2.24) is 5.32 Å². The van der Waals surface area contributed by atoms with E-state index in [4.69, 9.17) is 4.74 Å². The highest BCUT2D eigenvalue weighted by molar-refractivity contribution is 9.11. The molecule has 2 fully saturated rings. The number of benzene rings is 1. The molecule has 4 heteroatoms. The molecule has 1 aromatic carbocycles. The average Bonchev–Trinajstić information content (AvgIpc) is 3.32. The van der Waals surface area contributed by atoms with Crippen LogP contribution in [0.3, 0.4) is 0 Å². The predicted molar refractivity (Wildman–Crippen MR) is 93.7 cm³/mol. The van der Waals surface area contributed by atoms with Crippen LogP contribution in [0.15, 0.2) is 21.1 Å². The molecule has 116 valence electrons. The second-order valence-electron chi connectivity index (χ2n) is 6.29. The first-order chi connectivity index (χ1) is 10.2. The third-order valence-corrected chi connectivity index (χ3v) is 5.69. The van der Waals surface area contributed by atoms with Crippen LogP contribution >= 0.6 is 31.9 Å². The van der Waals surface area contributed by atoms with Gasteiger partial charge < -0.3 is 10.1 Å². The highest BCUT2D eigenvalue weighted by Crippen LogP contribution is 2.48. The summed E-state index contributed by atoms with van der Waals surface area (Å²) < 4.78 is 7.68. The molecule has 2 saturated carbocycles. The summed E-state index contributed by atoms with van der Waals surface area (Å²) in [5.41, 5.74) is 1.29. The van der Waals surface area contributed by atoms with Crippen molar-refractivity contribution in [3.8, 4) is 5.75 Å². The molecule has 1 N–H and O–H groups in total. The maximum absolute atomic E-state index is 5.63. The van der Waals surface area contributed by atoms with Crippen LogP contribution in [0.2, 0.25) is 0 Å². The fourth-order valence-electron chi connectivity index (χ4n) is 3.15. The Labute approximate surface area is 144 Å². The zero-order chi connectivity index (χ0) is 14.8. The van der Waals surface area contributed by atoms with Crippen molar-refractivity contribution < 1.29 is 4.74 Å². The minimum absolute atomic E-state index is 0.680. The zero-order valence-corrected chi connectivity index (χ0v) is 15.7. The molecule has 0 heterocycles. The van der Waals surface area contributed by atoms with Crippen molar-refractivity contribution >= 4 is 31.9 Å². The lowest BCUT2D eigenvalue weighted by Gasteiger charge is -2.17. The highest BCUT2D eigenvalue weighted by Gasteiger charge is 2.40. The van der Waals surface area contributed by atoms with Gasteiger partial charge in [0.15, 0.2) is 0 Å². The number of halogens is 2. The summed E-state index contributed by atoms with van der Waals surface area (Å²) in [6, 6.07) is 4.32. The van der Waals surface area contributed by atoms with E-state index in [9.17, 15) is 0 Å². The summed E-state index contributed by atoms with van der Waals surface area (Å²) in [6.07, 6.45) is 5.85. The summed E-state index contributed by atoms with van der Waals surface area (Å²) in [7, 11) is 0.